The molecular formula is C13H24N2O2. The van der Waals surface area contributed by atoms with Crippen molar-refractivity contribution in [3.63, 3.8) is 0 Å². The Balaban J connectivity index is 2.02. The largest absolute Gasteiger partial charge is 0.368 e. The highest BCUT2D eigenvalue weighted by atomic mass is 16.5. The van der Waals surface area contributed by atoms with Crippen molar-refractivity contribution >= 4 is 5.91 Å². The van der Waals surface area contributed by atoms with Crippen molar-refractivity contribution < 1.29 is 9.53 Å². The van der Waals surface area contributed by atoms with Crippen LogP contribution in [0, 0.1) is 0 Å². The molecule has 2 fully saturated rings. The predicted octanol–water partition coefficient (Wildman–Crippen LogP) is 1.16. The number of carbonyl (C=O) groups excluding carboxylic acids is 1. The quantitative estimate of drug-likeness (QED) is 0.787. The van der Waals surface area contributed by atoms with Gasteiger partial charge in [0, 0.05) is 19.5 Å². The van der Waals surface area contributed by atoms with Crippen LogP contribution in [0.25, 0.3) is 0 Å². The molecule has 2 aliphatic heterocycles. The zero-order chi connectivity index (χ0) is 12.3. The van der Waals surface area contributed by atoms with Crippen LogP contribution in [0.4, 0.5) is 0 Å². The van der Waals surface area contributed by atoms with Crippen molar-refractivity contribution in [3.05, 3.63) is 0 Å². The zero-order valence-corrected chi connectivity index (χ0v) is 11.0. The summed E-state index contributed by atoms with van der Waals surface area (Å²) in [5, 5.41) is 3.36. The maximum atomic E-state index is 12.0. The standard InChI is InChI=1S/C13H24N2O2/c1-3-4-12(16)15-9-11(2)17-13(10-15)5-7-14-8-6-13/h11,14H,3-10H2,1-2H3. The van der Waals surface area contributed by atoms with Gasteiger partial charge >= 0.3 is 0 Å². The highest BCUT2D eigenvalue weighted by Crippen LogP contribution is 2.30. The Morgan fingerprint density at radius 1 is 1.47 bits per heavy atom. The number of hydrogen-bond donors (Lipinski definition) is 1. The van der Waals surface area contributed by atoms with Gasteiger partial charge in [0.1, 0.15) is 0 Å². The van der Waals surface area contributed by atoms with Crippen LogP contribution in [0.1, 0.15) is 39.5 Å². The molecule has 0 aromatic rings. The highest BCUT2D eigenvalue weighted by molar-refractivity contribution is 5.76. The molecule has 0 aromatic carbocycles. The molecule has 1 unspecified atom stereocenters. The molecular weight excluding hydrogens is 216 g/mol. The van der Waals surface area contributed by atoms with E-state index in [0.717, 1.165) is 45.4 Å². The molecule has 0 aliphatic carbocycles. The summed E-state index contributed by atoms with van der Waals surface area (Å²) < 4.78 is 6.14. The smallest absolute Gasteiger partial charge is 0.222 e. The third-order valence-electron chi connectivity index (χ3n) is 3.74. The van der Waals surface area contributed by atoms with E-state index in [4.69, 9.17) is 4.74 Å². The Morgan fingerprint density at radius 3 is 2.82 bits per heavy atom. The normalized spacial score (nSPS) is 28.4. The SMILES string of the molecule is CCCC(=O)N1CC(C)OC2(CCNCC2)C1. The first-order valence-corrected chi connectivity index (χ1v) is 6.81. The molecule has 0 bridgehead atoms. The Morgan fingerprint density at radius 2 is 2.18 bits per heavy atom. The van der Waals surface area contributed by atoms with E-state index in [0.29, 0.717) is 12.3 Å². The van der Waals surface area contributed by atoms with E-state index in [1.165, 1.54) is 0 Å². The first kappa shape index (κ1) is 12.8. The predicted molar refractivity (Wildman–Crippen MR) is 66.9 cm³/mol. The molecule has 4 heteroatoms. The average Bonchev–Trinajstić information content (AvgIpc) is 2.29. The van der Waals surface area contributed by atoms with Crippen molar-refractivity contribution in [1.82, 2.24) is 10.2 Å². The van der Waals surface area contributed by atoms with Gasteiger partial charge in [-0.05, 0) is 39.3 Å². The molecule has 2 rings (SSSR count). The Kier molecular flexibility index (Phi) is 4.05. The first-order valence-electron chi connectivity index (χ1n) is 6.81. The number of piperidine rings is 1. The average molecular weight is 240 g/mol. The summed E-state index contributed by atoms with van der Waals surface area (Å²) >= 11 is 0. The van der Waals surface area contributed by atoms with Crippen LogP contribution in [0.3, 0.4) is 0 Å². The van der Waals surface area contributed by atoms with Crippen molar-refractivity contribution in [1.29, 1.82) is 0 Å². The van der Waals surface area contributed by atoms with Crippen LogP contribution < -0.4 is 5.32 Å². The second-order valence-corrected chi connectivity index (χ2v) is 5.39. The van der Waals surface area contributed by atoms with E-state index in [9.17, 15) is 4.79 Å². The van der Waals surface area contributed by atoms with Gasteiger partial charge in [0.05, 0.1) is 11.7 Å². The van der Waals surface area contributed by atoms with Crippen LogP contribution in [0.15, 0.2) is 0 Å². The number of nitrogens with zero attached hydrogens (tertiary/aromatic N) is 1. The number of hydrogen-bond acceptors (Lipinski definition) is 3. The van der Waals surface area contributed by atoms with E-state index in [2.05, 4.69) is 19.2 Å². The number of amides is 1. The third-order valence-corrected chi connectivity index (χ3v) is 3.74. The van der Waals surface area contributed by atoms with E-state index in [-0.39, 0.29) is 11.7 Å². The number of ether oxygens (including phenoxy) is 1. The molecule has 1 spiro atoms. The second kappa shape index (κ2) is 5.36. The van der Waals surface area contributed by atoms with Crippen molar-refractivity contribution in [2.75, 3.05) is 26.2 Å². The minimum absolute atomic E-state index is 0.0771. The summed E-state index contributed by atoms with van der Waals surface area (Å²) in [6.07, 6.45) is 3.81. The third kappa shape index (κ3) is 2.99. The lowest BCUT2D eigenvalue weighted by Crippen LogP contribution is -2.59. The van der Waals surface area contributed by atoms with E-state index >= 15 is 0 Å². The fraction of sp³-hybridized carbons (Fsp3) is 0.923. The number of morpholine rings is 1. The zero-order valence-electron chi connectivity index (χ0n) is 11.0. The summed E-state index contributed by atoms with van der Waals surface area (Å²) in [5.74, 6) is 0.292. The monoisotopic (exact) mass is 240 g/mol. The van der Waals surface area contributed by atoms with Crippen LogP contribution >= 0.6 is 0 Å². The molecule has 2 heterocycles. The van der Waals surface area contributed by atoms with Crippen molar-refractivity contribution in [3.8, 4) is 0 Å². The van der Waals surface area contributed by atoms with Gasteiger partial charge < -0.3 is 15.0 Å². The topological polar surface area (TPSA) is 41.6 Å². The van der Waals surface area contributed by atoms with Crippen LogP contribution in [0.2, 0.25) is 0 Å². The minimum Gasteiger partial charge on any atom is -0.368 e. The van der Waals surface area contributed by atoms with Crippen LogP contribution in [0.5, 0.6) is 0 Å². The van der Waals surface area contributed by atoms with Gasteiger partial charge in [-0.25, -0.2) is 0 Å². The Hall–Kier alpha value is -0.610. The maximum absolute atomic E-state index is 12.0. The molecule has 98 valence electrons. The van der Waals surface area contributed by atoms with E-state index in [1.54, 1.807) is 0 Å². The van der Waals surface area contributed by atoms with Gasteiger partial charge in [0.2, 0.25) is 5.91 Å². The van der Waals surface area contributed by atoms with E-state index < -0.39 is 0 Å². The van der Waals surface area contributed by atoms with Gasteiger partial charge in [0.25, 0.3) is 0 Å². The lowest BCUT2D eigenvalue weighted by Gasteiger charge is -2.47. The highest BCUT2D eigenvalue weighted by Gasteiger charge is 2.41. The molecule has 1 atom stereocenters. The van der Waals surface area contributed by atoms with E-state index in [1.807, 2.05) is 4.90 Å². The summed E-state index contributed by atoms with van der Waals surface area (Å²) in [4.78, 5) is 14.0. The molecule has 1 amide bonds. The van der Waals surface area contributed by atoms with Gasteiger partial charge in [0.15, 0.2) is 0 Å². The molecule has 2 aliphatic rings. The fourth-order valence-electron chi connectivity index (χ4n) is 2.94. The number of rotatable bonds is 2. The summed E-state index contributed by atoms with van der Waals surface area (Å²) in [5.41, 5.74) is -0.0771. The summed E-state index contributed by atoms with van der Waals surface area (Å²) in [7, 11) is 0. The summed E-state index contributed by atoms with van der Waals surface area (Å²) in [6, 6.07) is 0. The summed E-state index contributed by atoms with van der Waals surface area (Å²) in [6.45, 7) is 7.69. The van der Waals surface area contributed by atoms with Crippen molar-refractivity contribution in [2.24, 2.45) is 0 Å². The molecule has 0 saturated carbocycles. The lowest BCUT2D eigenvalue weighted by molar-refractivity contribution is -0.173. The van der Waals surface area contributed by atoms with Gasteiger partial charge in [-0.2, -0.15) is 0 Å². The molecule has 4 nitrogen and oxygen atoms in total. The van der Waals surface area contributed by atoms with Gasteiger partial charge in [-0.15, -0.1) is 0 Å². The van der Waals surface area contributed by atoms with Gasteiger partial charge in [-0.1, -0.05) is 6.92 Å². The maximum Gasteiger partial charge on any atom is 0.222 e. The molecule has 1 N–H and O–H groups in total. The molecule has 0 radical (unpaired) electrons. The number of carbonyl (C=O) groups is 1. The van der Waals surface area contributed by atoms with Gasteiger partial charge in [-0.3, -0.25) is 4.79 Å². The fourth-order valence-corrected chi connectivity index (χ4v) is 2.94. The second-order valence-electron chi connectivity index (χ2n) is 5.39. The molecule has 0 aromatic heterocycles. The van der Waals surface area contributed by atoms with Crippen LogP contribution in [-0.4, -0.2) is 48.7 Å². The Bertz CT molecular complexity index is 275. The van der Waals surface area contributed by atoms with Crippen molar-refractivity contribution in [2.45, 2.75) is 51.2 Å². The van der Waals surface area contributed by atoms with Crippen LogP contribution in [-0.2, 0) is 9.53 Å². The molecule has 17 heavy (non-hydrogen) atoms. The first-order chi connectivity index (χ1) is 8.15. The Labute approximate surface area is 104 Å². The molecule has 2 saturated heterocycles. The minimum atomic E-state index is -0.0771. The lowest BCUT2D eigenvalue weighted by atomic mass is 9.89. The number of nitrogens with one attached hydrogen (secondary N) is 1.